The van der Waals surface area contributed by atoms with Gasteiger partial charge in [0.2, 0.25) is 5.91 Å². The van der Waals surface area contributed by atoms with Crippen LogP contribution < -0.4 is 5.32 Å². The number of nitrogens with one attached hydrogen (secondary N) is 1. The Bertz CT molecular complexity index is 2480. The predicted octanol–water partition coefficient (Wildman–Crippen LogP) is 0.271. The van der Waals surface area contributed by atoms with Gasteiger partial charge in [-0.2, -0.15) is 0 Å². The first kappa shape index (κ1) is 60.0. The normalized spacial score (nSPS) is 36.4. The molecule has 9 rings (SSSR count). The fourth-order valence-electron chi connectivity index (χ4n) is 11.9. The van der Waals surface area contributed by atoms with Crippen molar-refractivity contribution in [3.05, 3.63) is 71.9 Å². The van der Waals surface area contributed by atoms with Crippen molar-refractivity contribution in [2.45, 2.75) is 189 Å². The third kappa shape index (κ3) is 13.7. The minimum absolute atomic E-state index is 0.101. The second-order valence-corrected chi connectivity index (χ2v) is 22.4. The van der Waals surface area contributed by atoms with Crippen molar-refractivity contribution < 1.29 is 93.1 Å². The van der Waals surface area contributed by atoms with Crippen LogP contribution in [0.2, 0.25) is 0 Å². The number of carbonyl (C=O) groups excluding carboxylic acids is 3. The van der Waals surface area contributed by atoms with Gasteiger partial charge in [-0.05, 0) is 69.6 Å². The van der Waals surface area contributed by atoms with Crippen molar-refractivity contribution in [2.24, 2.45) is 17.8 Å². The highest BCUT2D eigenvalue weighted by atomic mass is 16.7. The molecule has 0 spiro atoms. The number of aromatic nitrogens is 3. The topological polar surface area (TPSA) is 333 Å². The lowest BCUT2D eigenvalue weighted by atomic mass is 9.77. The number of rotatable bonds is 20. The van der Waals surface area contributed by atoms with Gasteiger partial charge in [-0.3, -0.25) is 9.59 Å². The molecule has 4 saturated heterocycles. The summed E-state index contributed by atoms with van der Waals surface area (Å²) in [6, 6.07) is 14.5. The summed E-state index contributed by atoms with van der Waals surface area (Å²) >= 11 is 0. The van der Waals surface area contributed by atoms with Gasteiger partial charge < -0.3 is 89.0 Å². The number of aliphatic hydroxyl groups is 8. The van der Waals surface area contributed by atoms with Crippen LogP contribution in [0.4, 0.5) is 0 Å². The van der Waals surface area contributed by atoms with Crippen LogP contribution in [0.5, 0.6) is 0 Å². The monoisotopic (exact) mass is 1130 g/mol. The SMILES string of the molecule is Cc1cccc(-c2cn(C3C(O)[C@@H](OCCNC(=O)C4C[C@@H](C)C(O[C@@H]5OC(C)[C@@H](O)[C@H](O)C5O)[C@H](O[C@@H]5OC(CO)[C@H](O)C(O[C@@H](CC6CCCCC6)C(=O)N6CCC6)C5OC(=O)c5ccccc5)C4)O[C@H](CO)[C@H]3O)nn2)c1. The standard InChI is InChI=1S/C56H79N5O19/c1-29-12-10-17-34(22-29)36-26-61(59-58-36)41-43(65)39(27-62)77-54(45(41)67)73-21-18-57-51(70)35-23-30(2)48(80-55-47(69)46(68)42(64)31(3)74-55)37(25-35)76-56-50(79-53(72)33-15-8-5-9-16-33)49(44(66)40(28-63)78-56)75-38(52(71)60-19-11-20-60)24-32-13-6-4-7-14-32/h5,8-10,12,15-17,22,26,30-32,35,37-50,54-56,62-69H,4,6-7,11,13-14,18-21,23-25,27-28H2,1-3H3,(H,57,70)/t30-,31?,35?,37-,38+,39-,40?,41?,42-,43-,44+,45?,46+,47?,48?,49?,50?,54+,55+,56-/m1/s1. The highest BCUT2D eigenvalue weighted by Gasteiger charge is 2.54. The van der Waals surface area contributed by atoms with Gasteiger partial charge in [-0.25, -0.2) is 9.48 Å². The quantitative estimate of drug-likeness (QED) is 0.0542. The van der Waals surface area contributed by atoms with Gasteiger partial charge in [0.05, 0.1) is 49.9 Å². The van der Waals surface area contributed by atoms with Crippen LogP contribution in [0.1, 0.15) is 93.6 Å². The van der Waals surface area contributed by atoms with Gasteiger partial charge in [-0.1, -0.05) is 86.2 Å². The fourth-order valence-corrected chi connectivity index (χ4v) is 11.9. The summed E-state index contributed by atoms with van der Waals surface area (Å²) in [7, 11) is 0. The van der Waals surface area contributed by atoms with Crippen molar-refractivity contribution in [3.63, 3.8) is 0 Å². The molecule has 4 aliphatic heterocycles. The van der Waals surface area contributed by atoms with Gasteiger partial charge in [0.15, 0.2) is 25.0 Å². The molecule has 6 aliphatic rings. The van der Waals surface area contributed by atoms with Gasteiger partial charge in [-0.15, -0.1) is 5.10 Å². The molecule has 2 amide bonds. The molecule has 5 heterocycles. The number of aliphatic hydroxyl groups excluding tert-OH is 8. The smallest absolute Gasteiger partial charge is 0.338 e. The highest BCUT2D eigenvalue weighted by molar-refractivity contribution is 5.89. The molecule has 2 aliphatic carbocycles. The average Bonchev–Trinajstić information content (AvgIpc) is 4.03. The number of amides is 2. The Hall–Kier alpha value is -4.61. The van der Waals surface area contributed by atoms with Crippen molar-refractivity contribution in [1.82, 2.24) is 25.2 Å². The molecular weight excluding hydrogens is 1050 g/mol. The maximum Gasteiger partial charge on any atom is 0.338 e. The van der Waals surface area contributed by atoms with Crippen LogP contribution in [0, 0.1) is 24.7 Å². The Labute approximate surface area is 464 Å². The van der Waals surface area contributed by atoms with Gasteiger partial charge in [0.25, 0.3) is 5.91 Å². The molecular formula is C56H79N5O19. The molecule has 1 aromatic heterocycles. The molecule has 24 nitrogen and oxygen atoms in total. The van der Waals surface area contributed by atoms with Crippen LogP contribution in [-0.2, 0) is 47.5 Å². The number of carbonyl (C=O) groups is 3. The Balaban J connectivity index is 0.943. The number of aryl methyl sites for hydroxylation is 1. The van der Waals surface area contributed by atoms with Crippen molar-refractivity contribution in [3.8, 4) is 11.3 Å². The molecule has 0 bridgehead atoms. The molecule has 6 fully saturated rings. The molecule has 80 heavy (non-hydrogen) atoms. The van der Waals surface area contributed by atoms with Crippen molar-refractivity contribution in [2.75, 3.05) is 39.5 Å². The van der Waals surface area contributed by atoms with E-state index in [1.54, 1.807) is 36.2 Å². The summed E-state index contributed by atoms with van der Waals surface area (Å²) in [5.41, 5.74) is 2.39. The van der Waals surface area contributed by atoms with Gasteiger partial charge in [0.1, 0.15) is 72.8 Å². The Morgan fingerprint density at radius 3 is 2.17 bits per heavy atom. The number of esters is 1. The minimum Gasteiger partial charge on any atom is -0.450 e. The lowest BCUT2D eigenvalue weighted by Crippen LogP contribution is -2.64. The maximum absolute atomic E-state index is 14.3. The Morgan fingerprint density at radius 1 is 0.750 bits per heavy atom. The number of nitrogens with zero attached hydrogens (tertiary/aromatic N) is 4. The molecule has 20 atom stereocenters. The van der Waals surface area contributed by atoms with E-state index in [-0.39, 0.29) is 43.4 Å². The molecule has 0 radical (unpaired) electrons. The molecule has 24 heteroatoms. The average molecular weight is 1130 g/mol. The van der Waals surface area contributed by atoms with E-state index < -0.39 is 147 Å². The van der Waals surface area contributed by atoms with Crippen LogP contribution in [0.15, 0.2) is 60.8 Å². The molecule has 9 N–H and O–H groups in total. The molecule has 2 saturated carbocycles. The van der Waals surface area contributed by atoms with Crippen LogP contribution in [0.3, 0.4) is 0 Å². The molecule has 442 valence electrons. The third-order valence-electron chi connectivity index (χ3n) is 16.6. The zero-order valence-corrected chi connectivity index (χ0v) is 45.4. The second-order valence-electron chi connectivity index (χ2n) is 22.4. The summed E-state index contributed by atoms with van der Waals surface area (Å²) in [6.45, 7) is 4.61. The van der Waals surface area contributed by atoms with Crippen molar-refractivity contribution in [1.29, 1.82) is 0 Å². The summed E-state index contributed by atoms with van der Waals surface area (Å²) in [4.78, 5) is 44.3. The van der Waals surface area contributed by atoms with Crippen LogP contribution >= 0.6 is 0 Å². The van der Waals surface area contributed by atoms with E-state index in [4.69, 9.17) is 37.9 Å². The predicted molar refractivity (Wildman–Crippen MR) is 278 cm³/mol. The first-order valence-corrected chi connectivity index (χ1v) is 28.2. The summed E-state index contributed by atoms with van der Waals surface area (Å²) in [5.74, 6) is -2.83. The van der Waals surface area contributed by atoms with E-state index in [9.17, 15) is 55.2 Å². The molecule has 2 aromatic carbocycles. The highest BCUT2D eigenvalue weighted by Crippen LogP contribution is 2.40. The van der Waals surface area contributed by atoms with E-state index >= 15 is 0 Å². The first-order chi connectivity index (χ1) is 38.5. The van der Waals surface area contributed by atoms with Crippen LogP contribution in [-0.4, -0.2) is 222 Å². The number of ether oxygens (including phenoxy) is 8. The summed E-state index contributed by atoms with van der Waals surface area (Å²) in [5, 5.41) is 99.4. The second kappa shape index (κ2) is 27.2. The molecule has 9 unspecified atom stereocenters. The zero-order chi connectivity index (χ0) is 56.8. The minimum atomic E-state index is -1.72. The van der Waals surface area contributed by atoms with E-state index in [2.05, 4.69) is 15.6 Å². The third-order valence-corrected chi connectivity index (χ3v) is 16.6. The lowest BCUT2D eigenvalue weighted by molar-refractivity contribution is -0.349. The lowest BCUT2D eigenvalue weighted by Gasteiger charge is -2.48. The number of likely N-dealkylation sites (tertiary alicyclic amines) is 1. The first-order valence-electron chi connectivity index (χ1n) is 28.2. The summed E-state index contributed by atoms with van der Waals surface area (Å²) < 4.78 is 51.4. The van der Waals surface area contributed by atoms with Crippen molar-refractivity contribution >= 4 is 17.8 Å². The fraction of sp³-hybridized carbons (Fsp3) is 0.696. The Morgan fingerprint density at radius 2 is 1.48 bits per heavy atom. The van der Waals surface area contributed by atoms with Gasteiger partial charge in [0, 0.05) is 31.1 Å². The van der Waals surface area contributed by atoms with E-state index in [0.29, 0.717) is 25.2 Å². The zero-order valence-electron chi connectivity index (χ0n) is 45.4. The number of hydrogen-bond acceptors (Lipinski definition) is 21. The van der Waals surface area contributed by atoms with E-state index in [0.717, 1.165) is 49.7 Å². The van der Waals surface area contributed by atoms with Gasteiger partial charge >= 0.3 is 5.97 Å². The molecule has 3 aromatic rings. The van der Waals surface area contributed by atoms with E-state index in [1.165, 1.54) is 23.7 Å². The van der Waals surface area contributed by atoms with E-state index in [1.807, 2.05) is 31.2 Å². The maximum atomic E-state index is 14.3. The van der Waals surface area contributed by atoms with Crippen LogP contribution in [0.25, 0.3) is 11.3 Å². The Kier molecular flexibility index (Phi) is 20.4. The summed E-state index contributed by atoms with van der Waals surface area (Å²) in [6.07, 6.45) is -16.2. The number of hydrogen-bond donors (Lipinski definition) is 9. The number of benzene rings is 2. The largest absolute Gasteiger partial charge is 0.450 e.